The summed E-state index contributed by atoms with van der Waals surface area (Å²) in [5.74, 6) is -1.67. The van der Waals surface area contributed by atoms with Crippen LogP contribution in [0.3, 0.4) is 0 Å². The summed E-state index contributed by atoms with van der Waals surface area (Å²) in [6.45, 7) is 10.9. The normalized spacial score (nSPS) is 10.6. The van der Waals surface area contributed by atoms with E-state index in [2.05, 4.69) is 198 Å². The Labute approximate surface area is 363 Å². The van der Waals surface area contributed by atoms with Crippen molar-refractivity contribution in [3.8, 4) is 11.1 Å². The molecule has 7 heteroatoms. The number of aryl methyl sites for hydroxylation is 4. The SMILES string of the molecule is CC(=O)O.CC(=O)O.Cc1ccc([PH+](c2ccc(C)cc2)c2ccc3ccccc3c2-c2c([PH+](c3ccc(C)cc3)c3ccc(C)cc3)ccc3ccccc23)cc1.[Ru]. The summed E-state index contributed by atoms with van der Waals surface area (Å²) >= 11 is 0. The predicted octanol–water partition coefficient (Wildman–Crippen LogP) is 10.1. The van der Waals surface area contributed by atoms with Crippen molar-refractivity contribution in [3.63, 3.8) is 0 Å². The van der Waals surface area contributed by atoms with Crippen molar-refractivity contribution in [1.82, 2.24) is 0 Å². The third kappa shape index (κ3) is 11.1. The number of carboxylic acid groups (broad SMARTS) is 2. The van der Waals surface area contributed by atoms with E-state index in [-0.39, 0.29) is 19.5 Å². The van der Waals surface area contributed by atoms with E-state index in [1.807, 2.05) is 0 Å². The van der Waals surface area contributed by atoms with E-state index in [1.165, 1.54) is 86.8 Å². The molecule has 0 aliphatic rings. The van der Waals surface area contributed by atoms with E-state index in [0.717, 1.165) is 13.8 Å². The van der Waals surface area contributed by atoms with Crippen molar-refractivity contribution in [2.45, 2.75) is 41.5 Å². The standard InChI is InChI=1S/C48H40P2.2C2H4O2.Ru/c1-33-13-23-39(24-14-33)49(40-25-15-34(2)16-26-40)45-31-21-37-9-5-7-11-43(37)47(45)48-44-12-8-6-10-38(44)22-32-46(48)50(41-27-17-35(3)18-28-41)42-29-19-36(4)20-30-42;2*1-2(3)4;/h5-32H,1-4H3;2*1H3,(H,3,4);/p+2. The molecule has 59 heavy (non-hydrogen) atoms. The molecule has 0 unspecified atom stereocenters. The summed E-state index contributed by atoms with van der Waals surface area (Å²) in [5.41, 5.74) is 7.92. The minimum absolute atomic E-state index is 0. The second kappa shape index (κ2) is 20.6. The maximum Gasteiger partial charge on any atom is 0.300 e. The molecule has 8 rings (SSSR count). The van der Waals surface area contributed by atoms with E-state index in [9.17, 15) is 0 Å². The Morgan fingerprint density at radius 3 is 0.864 bits per heavy atom. The van der Waals surface area contributed by atoms with Gasteiger partial charge in [0.25, 0.3) is 11.9 Å². The van der Waals surface area contributed by atoms with Crippen molar-refractivity contribution >= 4 is 81.2 Å². The number of benzene rings is 8. The van der Waals surface area contributed by atoms with E-state index in [1.54, 1.807) is 0 Å². The Morgan fingerprint density at radius 1 is 0.373 bits per heavy atom. The van der Waals surface area contributed by atoms with Gasteiger partial charge in [0.2, 0.25) is 0 Å². The molecule has 4 nitrogen and oxygen atoms in total. The molecule has 8 aromatic rings. The number of hydrogen-bond acceptors (Lipinski definition) is 2. The number of hydrogen-bond donors (Lipinski definition) is 2. The first kappa shape index (κ1) is 44.8. The second-order valence-corrected chi connectivity index (χ2v) is 19.6. The van der Waals surface area contributed by atoms with Crippen LogP contribution in [0.1, 0.15) is 36.1 Å². The second-order valence-electron chi connectivity index (χ2n) is 14.7. The quantitative estimate of drug-likeness (QED) is 0.123. The summed E-state index contributed by atoms with van der Waals surface area (Å²) in [4.78, 5) is 18.0. The average molecular weight is 902 g/mol. The molecular formula is C52H50O4P2Ru+2. The van der Waals surface area contributed by atoms with Crippen molar-refractivity contribution in [1.29, 1.82) is 0 Å². The maximum atomic E-state index is 9.00. The Balaban J connectivity index is 0.000000676. The van der Waals surface area contributed by atoms with Gasteiger partial charge < -0.3 is 10.2 Å². The molecule has 0 spiro atoms. The van der Waals surface area contributed by atoms with Gasteiger partial charge in [0, 0.05) is 44.5 Å². The van der Waals surface area contributed by atoms with Crippen molar-refractivity contribution in [3.05, 3.63) is 192 Å². The van der Waals surface area contributed by atoms with Gasteiger partial charge in [0.15, 0.2) is 0 Å². The van der Waals surface area contributed by atoms with E-state index in [4.69, 9.17) is 19.8 Å². The molecular weight excluding hydrogens is 852 g/mol. The van der Waals surface area contributed by atoms with Gasteiger partial charge in [-0.2, -0.15) is 0 Å². The number of carboxylic acids is 2. The molecule has 0 aliphatic carbocycles. The molecule has 0 bridgehead atoms. The number of aliphatic carboxylic acids is 2. The molecule has 2 N–H and O–H groups in total. The molecule has 0 atom stereocenters. The zero-order chi connectivity index (χ0) is 41.3. The fraction of sp³-hybridized carbons (Fsp3) is 0.115. The Kier molecular flexibility index (Phi) is 15.6. The topological polar surface area (TPSA) is 74.6 Å². The van der Waals surface area contributed by atoms with Crippen molar-refractivity contribution < 1.29 is 39.3 Å². The van der Waals surface area contributed by atoms with Crippen LogP contribution in [0.5, 0.6) is 0 Å². The summed E-state index contributed by atoms with van der Waals surface area (Å²) < 4.78 is 0. The van der Waals surface area contributed by atoms with Crippen LogP contribution in [0.15, 0.2) is 170 Å². The first-order valence-corrected chi connectivity index (χ1v) is 22.4. The van der Waals surface area contributed by atoms with Gasteiger partial charge >= 0.3 is 0 Å². The first-order chi connectivity index (χ1) is 27.9. The maximum absolute atomic E-state index is 9.00. The Bertz CT molecular complexity index is 2390. The van der Waals surface area contributed by atoms with Crippen LogP contribution in [0.4, 0.5) is 0 Å². The van der Waals surface area contributed by atoms with E-state index >= 15 is 0 Å². The van der Waals surface area contributed by atoms with Crippen LogP contribution in [0, 0.1) is 27.7 Å². The molecule has 0 heterocycles. The summed E-state index contributed by atoms with van der Waals surface area (Å²) in [7, 11) is -2.83. The van der Waals surface area contributed by atoms with Crippen LogP contribution in [0.25, 0.3) is 32.7 Å². The largest absolute Gasteiger partial charge is 0.481 e. The van der Waals surface area contributed by atoms with E-state index < -0.39 is 27.8 Å². The summed E-state index contributed by atoms with van der Waals surface area (Å²) in [5, 5.41) is 28.5. The van der Waals surface area contributed by atoms with Gasteiger partial charge in [-0.05, 0) is 110 Å². The van der Waals surface area contributed by atoms with Crippen LogP contribution >= 0.6 is 15.8 Å². The summed E-state index contributed by atoms with van der Waals surface area (Å²) in [6, 6.07) is 65.0. The fourth-order valence-corrected chi connectivity index (χ4v) is 12.8. The molecule has 298 valence electrons. The minimum Gasteiger partial charge on any atom is -0.481 e. The van der Waals surface area contributed by atoms with Gasteiger partial charge in [-0.15, -0.1) is 0 Å². The molecule has 0 fully saturated rings. The Morgan fingerprint density at radius 2 is 0.610 bits per heavy atom. The molecule has 8 aromatic carbocycles. The third-order valence-electron chi connectivity index (χ3n) is 10.0. The van der Waals surface area contributed by atoms with Gasteiger partial charge in [0.05, 0.1) is 15.8 Å². The zero-order valence-electron chi connectivity index (χ0n) is 34.2. The summed E-state index contributed by atoms with van der Waals surface area (Å²) in [6.07, 6.45) is 0. The molecule has 0 amide bonds. The van der Waals surface area contributed by atoms with Gasteiger partial charge in [0.1, 0.15) is 31.8 Å². The zero-order valence-corrected chi connectivity index (χ0v) is 38.0. The van der Waals surface area contributed by atoms with Crippen molar-refractivity contribution in [2.75, 3.05) is 0 Å². The monoisotopic (exact) mass is 902 g/mol. The Hall–Kier alpha value is -5.30. The fourth-order valence-electron chi connectivity index (χ4n) is 7.33. The number of fused-ring (bicyclic) bond motifs is 2. The first-order valence-electron chi connectivity index (χ1n) is 19.4. The number of carbonyl (C=O) groups is 2. The van der Waals surface area contributed by atoms with Gasteiger partial charge in [-0.25, -0.2) is 0 Å². The molecule has 0 saturated carbocycles. The number of rotatable bonds is 7. The van der Waals surface area contributed by atoms with Crippen LogP contribution in [-0.4, -0.2) is 22.2 Å². The molecule has 0 saturated heterocycles. The average Bonchev–Trinajstić information content (AvgIpc) is 3.20. The smallest absolute Gasteiger partial charge is 0.300 e. The van der Waals surface area contributed by atoms with Crippen LogP contribution < -0.4 is 31.8 Å². The van der Waals surface area contributed by atoms with E-state index in [0.29, 0.717) is 0 Å². The predicted molar refractivity (Wildman–Crippen MR) is 253 cm³/mol. The van der Waals surface area contributed by atoms with Gasteiger partial charge in [-0.1, -0.05) is 131 Å². The molecule has 0 radical (unpaired) electrons. The van der Waals surface area contributed by atoms with Crippen LogP contribution in [-0.2, 0) is 29.1 Å². The third-order valence-corrected chi connectivity index (χ3v) is 15.6. The van der Waals surface area contributed by atoms with Crippen molar-refractivity contribution in [2.24, 2.45) is 0 Å². The molecule has 0 aliphatic heterocycles. The van der Waals surface area contributed by atoms with Gasteiger partial charge in [-0.3, -0.25) is 9.59 Å². The molecule has 0 aromatic heterocycles. The minimum atomic E-state index is -1.42. The van der Waals surface area contributed by atoms with Crippen LogP contribution in [0.2, 0.25) is 0 Å².